The second-order valence-corrected chi connectivity index (χ2v) is 5.14. The SMILES string of the molecule is O=C1C=C(N2CCC(N3CCOCC3)C2)CC1. The van der Waals surface area contributed by atoms with Gasteiger partial charge >= 0.3 is 0 Å². The Morgan fingerprint density at radius 1 is 1.18 bits per heavy atom. The summed E-state index contributed by atoms with van der Waals surface area (Å²) in [7, 11) is 0. The normalized spacial score (nSPS) is 31.1. The summed E-state index contributed by atoms with van der Waals surface area (Å²) >= 11 is 0. The smallest absolute Gasteiger partial charge is 0.157 e. The molecule has 3 aliphatic rings. The van der Waals surface area contributed by atoms with Crippen LogP contribution in [0.1, 0.15) is 19.3 Å². The van der Waals surface area contributed by atoms with Crippen LogP contribution < -0.4 is 0 Å². The molecule has 0 bridgehead atoms. The summed E-state index contributed by atoms with van der Waals surface area (Å²) in [5.74, 6) is 0.301. The maximum Gasteiger partial charge on any atom is 0.157 e. The van der Waals surface area contributed by atoms with E-state index in [9.17, 15) is 4.79 Å². The molecule has 2 heterocycles. The highest BCUT2D eigenvalue weighted by atomic mass is 16.5. The number of morpholine rings is 1. The van der Waals surface area contributed by atoms with Crippen molar-refractivity contribution in [3.05, 3.63) is 11.8 Å². The first kappa shape index (κ1) is 11.2. The lowest BCUT2D eigenvalue weighted by atomic mass is 10.2. The third-order valence-corrected chi connectivity index (χ3v) is 4.09. The van der Waals surface area contributed by atoms with Crippen LogP contribution in [0.3, 0.4) is 0 Å². The zero-order valence-corrected chi connectivity index (χ0v) is 10.2. The standard InChI is InChI=1S/C13H20N2O2/c16-13-2-1-11(9-13)15-4-3-12(10-15)14-5-7-17-8-6-14/h9,12H,1-8,10H2. The lowest BCUT2D eigenvalue weighted by Crippen LogP contribution is -2.44. The summed E-state index contributed by atoms with van der Waals surface area (Å²) in [5.41, 5.74) is 1.27. The minimum absolute atomic E-state index is 0.301. The van der Waals surface area contributed by atoms with Crippen molar-refractivity contribution in [2.45, 2.75) is 25.3 Å². The number of allylic oxidation sites excluding steroid dienone is 2. The van der Waals surface area contributed by atoms with Crippen molar-refractivity contribution in [1.29, 1.82) is 0 Å². The molecule has 0 N–H and O–H groups in total. The summed E-state index contributed by atoms with van der Waals surface area (Å²) in [6.45, 7) is 6.09. The number of carbonyl (C=O) groups is 1. The van der Waals surface area contributed by atoms with Gasteiger partial charge in [-0.1, -0.05) is 0 Å². The third-order valence-electron chi connectivity index (χ3n) is 4.09. The van der Waals surface area contributed by atoms with Gasteiger partial charge in [-0.2, -0.15) is 0 Å². The molecule has 3 rings (SSSR count). The molecule has 0 aromatic carbocycles. The Labute approximate surface area is 102 Å². The number of hydrogen-bond donors (Lipinski definition) is 0. The summed E-state index contributed by atoms with van der Waals surface area (Å²) in [6.07, 6.45) is 4.75. The van der Waals surface area contributed by atoms with Crippen molar-refractivity contribution >= 4 is 5.78 Å². The van der Waals surface area contributed by atoms with Crippen LogP contribution in [0, 0.1) is 0 Å². The molecular weight excluding hydrogens is 216 g/mol. The van der Waals surface area contributed by atoms with Gasteiger partial charge in [0.05, 0.1) is 13.2 Å². The Morgan fingerprint density at radius 3 is 2.71 bits per heavy atom. The van der Waals surface area contributed by atoms with E-state index in [0.29, 0.717) is 18.2 Å². The first-order valence-corrected chi connectivity index (χ1v) is 6.63. The third kappa shape index (κ3) is 2.38. The van der Waals surface area contributed by atoms with Crippen molar-refractivity contribution in [1.82, 2.24) is 9.80 Å². The van der Waals surface area contributed by atoms with Crippen LogP contribution in [0.2, 0.25) is 0 Å². The van der Waals surface area contributed by atoms with Gasteiger partial charge in [-0.25, -0.2) is 0 Å². The van der Waals surface area contributed by atoms with Crippen molar-refractivity contribution in [3.63, 3.8) is 0 Å². The largest absolute Gasteiger partial charge is 0.379 e. The van der Waals surface area contributed by atoms with Crippen LogP contribution in [-0.2, 0) is 9.53 Å². The van der Waals surface area contributed by atoms with E-state index >= 15 is 0 Å². The second-order valence-electron chi connectivity index (χ2n) is 5.14. The number of hydrogen-bond acceptors (Lipinski definition) is 4. The van der Waals surface area contributed by atoms with Crippen molar-refractivity contribution in [2.75, 3.05) is 39.4 Å². The molecule has 94 valence electrons. The number of ether oxygens (including phenoxy) is 1. The molecule has 4 nitrogen and oxygen atoms in total. The Hall–Kier alpha value is -0.870. The van der Waals surface area contributed by atoms with E-state index in [4.69, 9.17) is 4.74 Å². The minimum Gasteiger partial charge on any atom is -0.379 e. The van der Waals surface area contributed by atoms with Crippen LogP contribution in [0.5, 0.6) is 0 Å². The molecular formula is C13H20N2O2. The topological polar surface area (TPSA) is 32.8 Å². The lowest BCUT2D eigenvalue weighted by Gasteiger charge is -2.32. The van der Waals surface area contributed by atoms with Gasteiger partial charge in [0.25, 0.3) is 0 Å². The quantitative estimate of drug-likeness (QED) is 0.704. The van der Waals surface area contributed by atoms with E-state index in [0.717, 1.165) is 45.8 Å². The van der Waals surface area contributed by atoms with Gasteiger partial charge in [-0.05, 0) is 12.8 Å². The van der Waals surface area contributed by atoms with Gasteiger partial charge in [0, 0.05) is 50.4 Å². The van der Waals surface area contributed by atoms with Gasteiger partial charge in [-0.3, -0.25) is 9.69 Å². The minimum atomic E-state index is 0.301. The summed E-state index contributed by atoms with van der Waals surface area (Å²) < 4.78 is 5.39. The lowest BCUT2D eigenvalue weighted by molar-refractivity contribution is -0.114. The molecule has 0 aromatic heterocycles. The molecule has 4 heteroatoms. The summed E-state index contributed by atoms with van der Waals surface area (Å²) in [5, 5.41) is 0. The van der Waals surface area contributed by atoms with Crippen LogP contribution in [0.25, 0.3) is 0 Å². The number of rotatable bonds is 2. The number of ketones is 1. The first-order chi connectivity index (χ1) is 8.33. The predicted octanol–water partition coefficient (Wildman–Crippen LogP) is 0.640. The number of nitrogens with zero attached hydrogens (tertiary/aromatic N) is 2. The molecule has 1 unspecified atom stereocenters. The van der Waals surface area contributed by atoms with E-state index in [1.807, 2.05) is 6.08 Å². The first-order valence-electron chi connectivity index (χ1n) is 6.63. The van der Waals surface area contributed by atoms with E-state index in [1.165, 1.54) is 12.1 Å². The Balaban J connectivity index is 1.58. The van der Waals surface area contributed by atoms with Crippen molar-refractivity contribution in [3.8, 4) is 0 Å². The van der Waals surface area contributed by atoms with Crippen LogP contribution >= 0.6 is 0 Å². The van der Waals surface area contributed by atoms with Gasteiger partial charge < -0.3 is 9.64 Å². The fourth-order valence-corrected chi connectivity index (χ4v) is 3.07. The maximum absolute atomic E-state index is 11.3. The average Bonchev–Trinajstić information content (AvgIpc) is 2.98. The molecule has 2 aliphatic heterocycles. The summed E-state index contributed by atoms with van der Waals surface area (Å²) in [4.78, 5) is 16.2. The zero-order valence-electron chi connectivity index (χ0n) is 10.2. The summed E-state index contributed by atoms with van der Waals surface area (Å²) in [6, 6.07) is 0.663. The van der Waals surface area contributed by atoms with Crippen molar-refractivity contribution < 1.29 is 9.53 Å². The van der Waals surface area contributed by atoms with Crippen LogP contribution in [-0.4, -0.2) is 61.0 Å². The molecule has 17 heavy (non-hydrogen) atoms. The van der Waals surface area contributed by atoms with Gasteiger partial charge in [0.15, 0.2) is 5.78 Å². The van der Waals surface area contributed by atoms with E-state index in [2.05, 4.69) is 9.80 Å². The highest BCUT2D eigenvalue weighted by Gasteiger charge is 2.30. The van der Waals surface area contributed by atoms with Gasteiger partial charge in [0.1, 0.15) is 0 Å². The zero-order chi connectivity index (χ0) is 11.7. The molecule has 0 spiro atoms. The van der Waals surface area contributed by atoms with Gasteiger partial charge in [0.2, 0.25) is 0 Å². The molecule has 0 aromatic rings. The monoisotopic (exact) mass is 236 g/mol. The molecule has 1 aliphatic carbocycles. The fourth-order valence-electron chi connectivity index (χ4n) is 3.07. The molecule has 0 saturated carbocycles. The molecule has 1 atom stereocenters. The van der Waals surface area contributed by atoms with Crippen LogP contribution in [0.15, 0.2) is 11.8 Å². The molecule has 2 saturated heterocycles. The Morgan fingerprint density at radius 2 is 2.00 bits per heavy atom. The number of carbonyl (C=O) groups excluding carboxylic acids is 1. The van der Waals surface area contributed by atoms with E-state index < -0.39 is 0 Å². The average molecular weight is 236 g/mol. The predicted molar refractivity (Wildman–Crippen MR) is 64.7 cm³/mol. The van der Waals surface area contributed by atoms with E-state index in [-0.39, 0.29) is 0 Å². The van der Waals surface area contributed by atoms with Crippen LogP contribution in [0.4, 0.5) is 0 Å². The fraction of sp³-hybridized carbons (Fsp3) is 0.769. The molecule has 0 radical (unpaired) electrons. The Kier molecular flexibility index (Phi) is 3.16. The Bertz CT molecular complexity index is 334. The van der Waals surface area contributed by atoms with Gasteiger partial charge in [-0.15, -0.1) is 0 Å². The molecule has 0 amide bonds. The molecule has 2 fully saturated rings. The highest BCUT2D eigenvalue weighted by molar-refractivity contribution is 5.92. The number of likely N-dealkylation sites (tertiary alicyclic amines) is 1. The van der Waals surface area contributed by atoms with E-state index in [1.54, 1.807) is 0 Å². The highest BCUT2D eigenvalue weighted by Crippen LogP contribution is 2.26. The maximum atomic E-state index is 11.3. The van der Waals surface area contributed by atoms with Crippen molar-refractivity contribution in [2.24, 2.45) is 0 Å². The second kappa shape index (κ2) is 4.78.